The minimum absolute atomic E-state index is 0. The monoisotopic (exact) mass is 344 g/mol. The van der Waals surface area contributed by atoms with Crippen molar-refractivity contribution < 1.29 is 200 Å². The van der Waals surface area contributed by atoms with Crippen LogP contribution in [0.25, 0.3) is 0 Å². The third kappa shape index (κ3) is 244. The average molecular weight is 344 g/mol. The van der Waals surface area contributed by atoms with Gasteiger partial charge in [0.2, 0.25) is 10.4 Å². The third-order valence-corrected chi connectivity index (χ3v) is 0. The Labute approximate surface area is 214 Å². The van der Waals surface area contributed by atoms with Gasteiger partial charge in [0.25, 0.3) is 0 Å². The van der Waals surface area contributed by atoms with Crippen molar-refractivity contribution in [1.29, 1.82) is 0 Å². The standard InChI is InChI=1S/3K.2H2O4S.H2O2/c;;;2*1-5(2,3)4;1-2/h;;;2*(H2,1,2,3,4);1-2H/q3*+1;;;/p-3. The molecule has 0 aliphatic heterocycles. The van der Waals surface area contributed by atoms with Crippen LogP contribution in [0.5, 0.6) is 0 Å². The molecule has 0 rings (SSSR count). The minimum Gasteiger partial charge on any atom is -0.759 e. The summed E-state index contributed by atoms with van der Waals surface area (Å²) in [5.74, 6) is 0. The van der Waals surface area contributed by atoms with Gasteiger partial charge in [-0.1, -0.05) is 0 Å². The molecule has 0 spiro atoms. The Bertz CT molecular complexity index is 215. The molecule has 0 fully saturated rings. The van der Waals surface area contributed by atoms with Crippen LogP contribution in [0.4, 0.5) is 0 Å². The maximum atomic E-state index is 8.63. The molecule has 15 heavy (non-hydrogen) atoms. The molecule has 15 heteroatoms. The van der Waals surface area contributed by atoms with Crippen LogP contribution in [0.15, 0.2) is 0 Å². The number of hydrogen-bond acceptors (Lipinski definition) is 9. The molecule has 10 nitrogen and oxygen atoms in total. The van der Waals surface area contributed by atoms with Crippen LogP contribution >= 0.6 is 0 Å². The first-order chi connectivity index (χ1) is 5.00. The molecule has 0 bridgehead atoms. The van der Waals surface area contributed by atoms with Gasteiger partial charge in [-0.05, 0) is 0 Å². The predicted molar refractivity (Wildman–Crippen MR) is 28.1 cm³/mol. The molecule has 0 aliphatic carbocycles. The van der Waals surface area contributed by atoms with E-state index in [0.717, 1.165) is 0 Å². The van der Waals surface area contributed by atoms with Crippen molar-refractivity contribution in [2.45, 2.75) is 0 Å². The van der Waals surface area contributed by atoms with Crippen LogP contribution in [0, 0.1) is 0 Å². The fourth-order valence-corrected chi connectivity index (χ4v) is 0. The maximum Gasteiger partial charge on any atom is 1.00 e. The molecule has 78 valence electrons. The fourth-order valence-electron chi connectivity index (χ4n) is 0. The second-order valence-electron chi connectivity index (χ2n) is 0.836. The molecule has 3 N–H and O–H groups in total. The quantitative estimate of drug-likeness (QED) is 0.125. The molecule has 0 radical (unpaired) electrons. The third-order valence-electron chi connectivity index (χ3n) is 0. The first-order valence-corrected chi connectivity index (χ1v) is 4.25. The van der Waals surface area contributed by atoms with E-state index in [1.165, 1.54) is 0 Å². The Morgan fingerprint density at radius 3 is 0.733 bits per heavy atom. The molecule has 0 saturated heterocycles. The van der Waals surface area contributed by atoms with Gasteiger partial charge in [-0.3, -0.25) is 23.5 Å². The van der Waals surface area contributed by atoms with Crippen LogP contribution in [-0.2, 0) is 20.8 Å². The number of hydrogen-bond donors (Lipinski definition) is 3. The molecule has 0 unspecified atom stereocenters. The summed E-state index contributed by atoms with van der Waals surface area (Å²) in [6, 6.07) is 0. The summed E-state index contributed by atoms with van der Waals surface area (Å²) in [6.45, 7) is 0. The van der Waals surface area contributed by atoms with Crippen molar-refractivity contribution >= 4 is 20.8 Å². The van der Waals surface area contributed by atoms with Crippen molar-refractivity contribution in [1.82, 2.24) is 0 Å². The second-order valence-corrected chi connectivity index (χ2v) is 2.51. The van der Waals surface area contributed by atoms with E-state index >= 15 is 0 Å². The zero-order valence-corrected chi connectivity index (χ0v) is 19.0. The summed E-state index contributed by atoms with van der Waals surface area (Å²) < 4.78 is 66.9. The molecule has 0 atom stereocenters. The topological polar surface area (TPSA) is 198 Å². The van der Waals surface area contributed by atoms with Gasteiger partial charge < -0.3 is 13.7 Å². The molecule has 0 amide bonds. The zero-order chi connectivity index (χ0) is 11.0. The van der Waals surface area contributed by atoms with E-state index in [1.54, 1.807) is 0 Å². The Morgan fingerprint density at radius 2 is 0.733 bits per heavy atom. The molecular weight excluding hydrogens is 341 g/mol. The summed E-state index contributed by atoms with van der Waals surface area (Å²) in [5.41, 5.74) is 0. The van der Waals surface area contributed by atoms with Crippen molar-refractivity contribution in [3.63, 3.8) is 0 Å². The summed E-state index contributed by atoms with van der Waals surface area (Å²) in [7, 11) is -10.1. The van der Waals surface area contributed by atoms with Crippen LogP contribution in [0.3, 0.4) is 0 Å². The van der Waals surface area contributed by atoms with Crippen LogP contribution in [0.2, 0.25) is 0 Å². The van der Waals surface area contributed by atoms with Crippen molar-refractivity contribution in [3.05, 3.63) is 0 Å². The zero-order valence-electron chi connectivity index (χ0n) is 8.02. The summed E-state index contributed by atoms with van der Waals surface area (Å²) in [6.07, 6.45) is 0. The fraction of sp³-hybridized carbons (Fsp3) is 0. The van der Waals surface area contributed by atoms with Gasteiger partial charge in [-0.15, -0.1) is 0 Å². The Balaban J connectivity index is -0.0000000197. The molecule has 0 aromatic carbocycles. The van der Waals surface area contributed by atoms with Gasteiger partial charge in [0.15, 0.2) is 0 Å². The van der Waals surface area contributed by atoms with Crippen LogP contribution < -0.4 is 154 Å². The first kappa shape index (κ1) is 36.6. The van der Waals surface area contributed by atoms with Gasteiger partial charge in [0.1, 0.15) is 0 Å². The van der Waals surface area contributed by atoms with Crippen molar-refractivity contribution in [2.24, 2.45) is 0 Å². The van der Waals surface area contributed by atoms with Gasteiger partial charge >= 0.3 is 154 Å². The van der Waals surface area contributed by atoms with Crippen LogP contribution in [0.1, 0.15) is 0 Å². The van der Waals surface area contributed by atoms with E-state index in [1.807, 2.05) is 0 Å². The SMILES string of the molecule is O=S(=O)([O-])O.O=S(=O)([O-])[O-].OO.[K+].[K+].[K+]. The van der Waals surface area contributed by atoms with E-state index in [9.17, 15) is 0 Å². The van der Waals surface area contributed by atoms with E-state index in [4.69, 9.17) is 45.6 Å². The minimum atomic E-state index is -5.17. The van der Waals surface area contributed by atoms with Gasteiger partial charge in [0, 0.05) is 10.4 Å². The van der Waals surface area contributed by atoms with E-state index in [0.29, 0.717) is 0 Å². The average Bonchev–Trinajstić information content (AvgIpc) is 1.59. The molecular formula is H3K3O10S2. The Kier molecular flexibility index (Phi) is 51.0. The van der Waals surface area contributed by atoms with E-state index < -0.39 is 20.8 Å². The Hall–Kier alpha value is 4.57. The maximum absolute atomic E-state index is 8.63. The number of rotatable bonds is 0. The smallest absolute Gasteiger partial charge is 0.759 e. The molecule has 0 aliphatic rings. The molecule has 0 saturated carbocycles. The van der Waals surface area contributed by atoms with E-state index in [2.05, 4.69) is 0 Å². The van der Waals surface area contributed by atoms with Gasteiger partial charge in [-0.25, -0.2) is 8.42 Å². The van der Waals surface area contributed by atoms with E-state index in [-0.39, 0.29) is 154 Å². The van der Waals surface area contributed by atoms with Gasteiger partial charge in [0.05, 0.1) is 0 Å². The molecule has 0 aromatic heterocycles. The van der Waals surface area contributed by atoms with Crippen molar-refractivity contribution in [2.75, 3.05) is 0 Å². The summed E-state index contributed by atoms with van der Waals surface area (Å²) in [4.78, 5) is 0. The van der Waals surface area contributed by atoms with Crippen molar-refractivity contribution in [3.8, 4) is 0 Å². The predicted octanol–water partition coefficient (Wildman–Crippen LogP) is -11.3. The second kappa shape index (κ2) is 20.9. The van der Waals surface area contributed by atoms with Gasteiger partial charge in [-0.2, -0.15) is 0 Å². The summed E-state index contributed by atoms with van der Waals surface area (Å²) >= 11 is 0. The normalized spacial score (nSPS) is 8.13. The first-order valence-electron chi connectivity index (χ1n) is 1.55. The molecule has 0 aromatic rings. The largest absolute Gasteiger partial charge is 1.00 e. The van der Waals surface area contributed by atoms with Crippen LogP contribution in [-0.4, -0.2) is 45.6 Å². The molecule has 0 heterocycles. The summed E-state index contributed by atoms with van der Waals surface area (Å²) in [5, 5.41) is 12.0. The Morgan fingerprint density at radius 1 is 0.733 bits per heavy atom.